The molecular formula is C15H20N2OS. The van der Waals surface area contributed by atoms with Gasteiger partial charge < -0.3 is 10.5 Å². The van der Waals surface area contributed by atoms with E-state index in [1.165, 1.54) is 11.1 Å². The van der Waals surface area contributed by atoms with Crippen LogP contribution in [0.4, 0.5) is 0 Å². The molecule has 1 atom stereocenters. The van der Waals surface area contributed by atoms with E-state index in [0.717, 1.165) is 23.6 Å². The van der Waals surface area contributed by atoms with E-state index in [9.17, 15) is 0 Å². The van der Waals surface area contributed by atoms with Crippen LogP contribution in [0.5, 0.6) is 5.75 Å². The Labute approximate surface area is 118 Å². The highest BCUT2D eigenvalue weighted by molar-refractivity contribution is 7.09. The molecule has 1 heterocycles. The minimum absolute atomic E-state index is 0.184. The summed E-state index contributed by atoms with van der Waals surface area (Å²) in [5.74, 6) is 0.921. The second-order valence-electron chi connectivity index (χ2n) is 4.70. The molecular weight excluding hydrogens is 256 g/mol. The van der Waals surface area contributed by atoms with Crippen LogP contribution in [-0.2, 0) is 13.0 Å². The van der Waals surface area contributed by atoms with Crippen LogP contribution < -0.4 is 10.5 Å². The summed E-state index contributed by atoms with van der Waals surface area (Å²) in [6, 6.07) is 6.44. The minimum Gasteiger partial charge on any atom is -0.486 e. The molecule has 0 aliphatic heterocycles. The summed E-state index contributed by atoms with van der Waals surface area (Å²) in [6.45, 7) is 4.72. The van der Waals surface area contributed by atoms with Crippen molar-refractivity contribution >= 4 is 11.3 Å². The number of hydrogen-bond donors (Lipinski definition) is 1. The Morgan fingerprint density at radius 3 is 2.95 bits per heavy atom. The van der Waals surface area contributed by atoms with Gasteiger partial charge >= 0.3 is 0 Å². The van der Waals surface area contributed by atoms with E-state index in [4.69, 9.17) is 10.5 Å². The molecule has 3 nitrogen and oxygen atoms in total. The fraction of sp³-hybridized carbons (Fsp3) is 0.400. The Bertz CT molecular complexity index is 511. The highest BCUT2D eigenvalue weighted by Crippen LogP contribution is 2.23. The van der Waals surface area contributed by atoms with Crippen LogP contribution in [0.1, 0.15) is 29.5 Å². The third-order valence-corrected chi connectivity index (χ3v) is 3.81. The van der Waals surface area contributed by atoms with Crippen molar-refractivity contribution in [3.63, 3.8) is 0 Å². The van der Waals surface area contributed by atoms with Crippen molar-refractivity contribution in [2.75, 3.05) is 0 Å². The zero-order chi connectivity index (χ0) is 13.7. The van der Waals surface area contributed by atoms with Crippen LogP contribution in [-0.4, -0.2) is 11.0 Å². The van der Waals surface area contributed by atoms with Gasteiger partial charge in [-0.15, -0.1) is 11.3 Å². The lowest BCUT2D eigenvalue weighted by molar-refractivity contribution is 0.301. The number of hydrogen-bond acceptors (Lipinski definition) is 4. The first-order valence-electron chi connectivity index (χ1n) is 6.55. The second kappa shape index (κ2) is 6.68. The summed E-state index contributed by atoms with van der Waals surface area (Å²) in [5.41, 5.74) is 8.47. The maximum Gasteiger partial charge on any atom is 0.140 e. The van der Waals surface area contributed by atoms with Crippen LogP contribution in [0.15, 0.2) is 29.8 Å². The van der Waals surface area contributed by atoms with E-state index in [0.29, 0.717) is 6.61 Å². The van der Waals surface area contributed by atoms with E-state index >= 15 is 0 Å². The largest absolute Gasteiger partial charge is 0.486 e. The number of nitrogens with two attached hydrogens (primary N) is 1. The van der Waals surface area contributed by atoms with Gasteiger partial charge in [0.05, 0.1) is 0 Å². The third kappa shape index (κ3) is 4.04. The van der Waals surface area contributed by atoms with Gasteiger partial charge in [-0.05, 0) is 31.4 Å². The van der Waals surface area contributed by atoms with Crippen molar-refractivity contribution in [2.45, 2.75) is 39.3 Å². The molecule has 0 aliphatic carbocycles. The fourth-order valence-corrected chi connectivity index (χ4v) is 2.43. The Balaban J connectivity index is 2.09. The number of rotatable bonds is 6. The lowest BCUT2D eigenvalue weighted by Crippen LogP contribution is -2.21. The van der Waals surface area contributed by atoms with Crippen molar-refractivity contribution < 1.29 is 4.74 Å². The van der Waals surface area contributed by atoms with Crippen molar-refractivity contribution in [1.29, 1.82) is 0 Å². The van der Waals surface area contributed by atoms with E-state index < -0.39 is 0 Å². The summed E-state index contributed by atoms with van der Waals surface area (Å²) in [5, 5.41) is 2.95. The van der Waals surface area contributed by atoms with Crippen molar-refractivity contribution in [3.8, 4) is 5.75 Å². The average molecular weight is 276 g/mol. The van der Waals surface area contributed by atoms with Crippen LogP contribution in [0.3, 0.4) is 0 Å². The zero-order valence-corrected chi connectivity index (χ0v) is 12.2. The van der Waals surface area contributed by atoms with Gasteiger partial charge in [0.25, 0.3) is 0 Å². The Hall–Kier alpha value is -1.39. The molecule has 0 fully saturated rings. The highest BCUT2D eigenvalue weighted by Gasteiger charge is 2.09. The van der Waals surface area contributed by atoms with Gasteiger partial charge in [0, 0.05) is 17.6 Å². The molecule has 0 aliphatic rings. The van der Waals surface area contributed by atoms with E-state index in [1.54, 1.807) is 17.5 Å². The predicted molar refractivity (Wildman–Crippen MR) is 79.6 cm³/mol. The predicted octanol–water partition coefficient (Wildman–Crippen LogP) is 3.31. The monoisotopic (exact) mass is 276 g/mol. The third-order valence-electron chi connectivity index (χ3n) is 3.06. The minimum atomic E-state index is 0.184. The summed E-state index contributed by atoms with van der Waals surface area (Å²) < 4.78 is 5.87. The van der Waals surface area contributed by atoms with Gasteiger partial charge in [-0.1, -0.05) is 24.6 Å². The first kappa shape index (κ1) is 14.0. The molecule has 4 heteroatoms. The molecule has 0 bridgehead atoms. The molecule has 1 aromatic carbocycles. The quantitative estimate of drug-likeness (QED) is 0.880. The molecule has 102 valence electrons. The number of nitrogens with zero attached hydrogens (tertiary/aromatic N) is 1. The van der Waals surface area contributed by atoms with E-state index in [2.05, 4.69) is 31.0 Å². The van der Waals surface area contributed by atoms with Crippen LogP contribution in [0.25, 0.3) is 0 Å². The zero-order valence-electron chi connectivity index (χ0n) is 11.4. The molecule has 19 heavy (non-hydrogen) atoms. The molecule has 0 spiro atoms. The molecule has 0 saturated carbocycles. The first-order valence-corrected chi connectivity index (χ1v) is 7.43. The Morgan fingerprint density at radius 2 is 2.26 bits per heavy atom. The summed E-state index contributed by atoms with van der Waals surface area (Å²) in [4.78, 5) is 4.22. The van der Waals surface area contributed by atoms with Crippen LogP contribution in [0, 0.1) is 6.92 Å². The molecule has 1 unspecified atom stereocenters. The Morgan fingerprint density at radius 1 is 1.42 bits per heavy atom. The number of ether oxygens (including phenoxy) is 1. The second-order valence-corrected chi connectivity index (χ2v) is 5.68. The molecule has 0 radical (unpaired) electrons. The van der Waals surface area contributed by atoms with Crippen molar-refractivity contribution in [3.05, 3.63) is 45.9 Å². The number of thiazole rings is 1. The summed E-state index contributed by atoms with van der Waals surface area (Å²) in [6.07, 6.45) is 3.62. The molecule has 2 N–H and O–H groups in total. The van der Waals surface area contributed by atoms with Gasteiger partial charge in [0.2, 0.25) is 0 Å². The molecule has 1 aromatic heterocycles. The molecule has 2 aromatic rings. The van der Waals surface area contributed by atoms with E-state index in [-0.39, 0.29) is 6.04 Å². The number of aryl methyl sites for hydroxylation is 1. The lowest BCUT2D eigenvalue weighted by atomic mass is 10.0. The summed E-state index contributed by atoms with van der Waals surface area (Å²) in [7, 11) is 0. The van der Waals surface area contributed by atoms with Gasteiger partial charge in [-0.2, -0.15) is 0 Å². The van der Waals surface area contributed by atoms with Gasteiger partial charge in [-0.25, -0.2) is 4.98 Å². The lowest BCUT2D eigenvalue weighted by Gasteiger charge is -2.14. The van der Waals surface area contributed by atoms with Gasteiger partial charge in [0.15, 0.2) is 0 Å². The smallest absolute Gasteiger partial charge is 0.140 e. The average Bonchev–Trinajstić information content (AvgIpc) is 2.91. The van der Waals surface area contributed by atoms with Crippen molar-refractivity contribution in [1.82, 2.24) is 4.98 Å². The maximum absolute atomic E-state index is 6.05. The topological polar surface area (TPSA) is 48.1 Å². The van der Waals surface area contributed by atoms with Crippen molar-refractivity contribution in [2.24, 2.45) is 5.73 Å². The van der Waals surface area contributed by atoms with Crippen LogP contribution >= 0.6 is 11.3 Å². The number of benzene rings is 1. The first-order chi connectivity index (χ1) is 9.19. The van der Waals surface area contributed by atoms with Gasteiger partial charge in [0.1, 0.15) is 17.4 Å². The molecule has 2 rings (SSSR count). The molecule has 0 amide bonds. The Kier molecular flexibility index (Phi) is 4.93. The standard InChI is InChI=1S/C15H20N2OS/c1-3-13(16)9-12-8-11(2)4-5-14(12)18-10-15-17-6-7-19-15/h4-8,13H,3,9-10,16H2,1-2H3. The van der Waals surface area contributed by atoms with Crippen LogP contribution in [0.2, 0.25) is 0 Å². The summed E-state index contributed by atoms with van der Waals surface area (Å²) >= 11 is 1.61. The fourth-order valence-electron chi connectivity index (χ4n) is 1.90. The maximum atomic E-state index is 6.05. The molecule has 0 saturated heterocycles. The van der Waals surface area contributed by atoms with E-state index in [1.807, 2.05) is 11.4 Å². The van der Waals surface area contributed by atoms with Gasteiger partial charge in [-0.3, -0.25) is 0 Å². The normalized spacial score (nSPS) is 12.4. The highest BCUT2D eigenvalue weighted by atomic mass is 32.1. The SMILES string of the molecule is CCC(N)Cc1cc(C)ccc1OCc1nccs1. The number of aromatic nitrogens is 1.